The lowest BCUT2D eigenvalue weighted by molar-refractivity contribution is 0.771. The summed E-state index contributed by atoms with van der Waals surface area (Å²) in [6, 6.07) is 5.87. The number of nitrogens with zero attached hydrogens (tertiary/aromatic N) is 2. The van der Waals surface area contributed by atoms with Crippen LogP contribution in [-0.2, 0) is 6.54 Å². The van der Waals surface area contributed by atoms with Crippen LogP contribution in [0.3, 0.4) is 0 Å². The molecule has 0 saturated heterocycles. The maximum atomic E-state index is 6.15. The number of rotatable bonds is 3. The van der Waals surface area contributed by atoms with Gasteiger partial charge in [-0.15, -0.1) is 0 Å². The lowest BCUT2D eigenvalue weighted by atomic mass is 10.3. The second-order valence-electron chi connectivity index (χ2n) is 3.74. The quantitative estimate of drug-likeness (QED) is 0.830. The average molecular weight is 362 g/mol. The zero-order valence-electron chi connectivity index (χ0n) is 9.67. The van der Waals surface area contributed by atoms with Crippen LogP contribution in [-0.4, -0.2) is 9.55 Å². The van der Waals surface area contributed by atoms with E-state index in [1.54, 1.807) is 0 Å². The molecule has 0 atom stereocenters. The molecule has 0 aliphatic heterocycles. The predicted molar refractivity (Wildman–Crippen MR) is 80.1 cm³/mol. The van der Waals surface area contributed by atoms with Crippen molar-refractivity contribution in [2.24, 2.45) is 0 Å². The van der Waals surface area contributed by atoms with Gasteiger partial charge >= 0.3 is 0 Å². The predicted octanol–water partition coefficient (Wildman–Crippen LogP) is 4.21. The van der Waals surface area contributed by atoms with Crippen LogP contribution in [0.25, 0.3) is 0 Å². The molecule has 0 aliphatic rings. The third kappa shape index (κ3) is 2.93. The molecule has 2 aromatic rings. The van der Waals surface area contributed by atoms with Gasteiger partial charge in [-0.2, -0.15) is 0 Å². The molecule has 0 radical (unpaired) electrons. The summed E-state index contributed by atoms with van der Waals surface area (Å²) >= 11 is 8.41. The Balaban J connectivity index is 2.33. The molecule has 0 amide bonds. The van der Waals surface area contributed by atoms with Crippen molar-refractivity contribution in [1.82, 2.24) is 9.55 Å². The van der Waals surface area contributed by atoms with Crippen LogP contribution in [0, 0.1) is 10.5 Å². The molecule has 0 saturated carbocycles. The van der Waals surface area contributed by atoms with Crippen molar-refractivity contribution in [1.29, 1.82) is 0 Å². The molecule has 0 fully saturated rings. The van der Waals surface area contributed by atoms with Crippen LogP contribution in [0.1, 0.15) is 12.6 Å². The van der Waals surface area contributed by atoms with Crippen molar-refractivity contribution in [3.8, 4) is 0 Å². The molecule has 1 aromatic heterocycles. The number of hydrogen-bond acceptors (Lipinski definition) is 2. The van der Waals surface area contributed by atoms with Gasteiger partial charge in [-0.05, 0) is 54.6 Å². The van der Waals surface area contributed by atoms with E-state index in [4.69, 9.17) is 11.6 Å². The van der Waals surface area contributed by atoms with Gasteiger partial charge in [-0.25, -0.2) is 4.98 Å². The van der Waals surface area contributed by atoms with E-state index in [2.05, 4.69) is 44.4 Å². The first kappa shape index (κ1) is 12.7. The SMILES string of the molecule is CCn1cc(C)nc1Nc1cc(I)ccc1Cl. The molecule has 3 nitrogen and oxygen atoms in total. The maximum absolute atomic E-state index is 6.15. The zero-order valence-corrected chi connectivity index (χ0v) is 12.6. The van der Waals surface area contributed by atoms with Crippen LogP contribution < -0.4 is 5.32 Å². The molecule has 90 valence electrons. The van der Waals surface area contributed by atoms with E-state index >= 15 is 0 Å². The lowest BCUT2D eigenvalue weighted by Crippen LogP contribution is -2.01. The molecule has 0 unspecified atom stereocenters. The van der Waals surface area contributed by atoms with Crippen molar-refractivity contribution >= 4 is 45.8 Å². The molecule has 0 bridgehead atoms. The molecule has 2 rings (SSSR count). The van der Waals surface area contributed by atoms with Crippen molar-refractivity contribution in [2.75, 3.05) is 5.32 Å². The molecule has 17 heavy (non-hydrogen) atoms. The first-order chi connectivity index (χ1) is 8.10. The number of anilines is 2. The summed E-state index contributed by atoms with van der Waals surface area (Å²) in [6.07, 6.45) is 2.02. The van der Waals surface area contributed by atoms with Gasteiger partial charge in [0.25, 0.3) is 0 Å². The maximum Gasteiger partial charge on any atom is 0.207 e. The fraction of sp³-hybridized carbons (Fsp3) is 0.250. The summed E-state index contributed by atoms with van der Waals surface area (Å²) in [4.78, 5) is 4.44. The highest BCUT2D eigenvalue weighted by atomic mass is 127. The third-order valence-electron chi connectivity index (χ3n) is 2.41. The van der Waals surface area contributed by atoms with Gasteiger partial charge in [0.15, 0.2) is 0 Å². The third-order valence-corrected chi connectivity index (χ3v) is 3.41. The fourth-order valence-electron chi connectivity index (χ4n) is 1.60. The van der Waals surface area contributed by atoms with Gasteiger partial charge in [-0.1, -0.05) is 11.6 Å². The minimum atomic E-state index is 0.703. The number of benzene rings is 1. The van der Waals surface area contributed by atoms with Gasteiger partial charge < -0.3 is 9.88 Å². The van der Waals surface area contributed by atoms with E-state index < -0.39 is 0 Å². The average Bonchev–Trinajstić information content (AvgIpc) is 2.64. The van der Waals surface area contributed by atoms with Crippen molar-refractivity contribution in [3.63, 3.8) is 0 Å². The van der Waals surface area contributed by atoms with Gasteiger partial charge in [-0.3, -0.25) is 0 Å². The van der Waals surface area contributed by atoms with E-state index in [1.807, 2.05) is 31.3 Å². The number of aryl methyl sites for hydroxylation is 2. The highest BCUT2D eigenvalue weighted by molar-refractivity contribution is 14.1. The first-order valence-electron chi connectivity index (χ1n) is 5.36. The molecule has 0 spiro atoms. The summed E-state index contributed by atoms with van der Waals surface area (Å²) in [6.45, 7) is 4.95. The van der Waals surface area contributed by atoms with Crippen molar-refractivity contribution in [3.05, 3.63) is 38.7 Å². The minimum absolute atomic E-state index is 0.703. The molecule has 5 heteroatoms. The van der Waals surface area contributed by atoms with Gasteiger partial charge in [0, 0.05) is 16.3 Å². The Morgan fingerprint density at radius 2 is 2.24 bits per heavy atom. The van der Waals surface area contributed by atoms with Crippen molar-refractivity contribution in [2.45, 2.75) is 20.4 Å². The Morgan fingerprint density at radius 1 is 1.47 bits per heavy atom. The summed E-state index contributed by atoms with van der Waals surface area (Å²) in [5.74, 6) is 0.828. The molecular weight excluding hydrogens is 349 g/mol. The van der Waals surface area contributed by atoms with Crippen LogP contribution in [0.15, 0.2) is 24.4 Å². The second kappa shape index (κ2) is 5.27. The normalized spacial score (nSPS) is 10.6. The molecule has 0 aliphatic carbocycles. The number of hydrogen-bond donors (Lipinski definition) is 1. The van der Waals surface area contributed by atoms with Gasteiger partial charge in [0.1, 0.15) is 0 Å². The number of halogens is 2. The fourth-order valence-corrected chi connectivity index (χ4v) is 2.26. The number of aromatic nitrogens is 2. The molecule has 1 heterocycles. The van der Waals surface area contributed by atoms with Crippen LogP contribution in [0.2, 0.25) is 5.02 Å². The van der Waals surface area contributed by atoms with Crippen LogP contribution in [0.4, 0.5) is 11.6 Å². The summed E-state index contributed by atoms with van der Waals surface area (Å²) in [5.41, 5.74) is 1.88. The topological polar surface area (TPSA) is 29.9 Å². The van der Waals surface area contributed by atoms with E-state index in [0.29, 0.717) is 5.02 Å². The number of nitrogens with one attached hydrogen (secondary N) is 1. The molecule has 1 N–H and O–H groups in total. The van der Waals surface area contributed by atoms with E-state index in [-0.39, 0.29) is 0 Å². The highest BCUT2D eigenvalue weighted by Gasteiger charge is 2.07. The minimum Gasteiger partial charge on any atom is -0.324 e. The monoisotopic (exact) mass is 361 g/mol. The van der Waals surface area contributed by atoms with Gasteiger partial charge in [0.2, 0.25) is 5.95 Å². The van der Waals surface area contributed by atoms with Crippen LogP contribution in [0.5, 0.6) is 0 Å². The Labute approximate surface area is 119 Å². The first-order valence-corrected chi connectivity index (χ1v) is 6.81. The van der Waals surface area contributed by atoms with Gasteiger partial charge in [0.05, 0.1) is 16.4 Å². The summed E-state index contributed by atoms with van der Waals surface area (Å²) < 4.78 is 3.20. The number of imidazole rings is 1. The van der Waals surface area contributed by atoms with Crippen molar-refractivity contribution < 1.29 is 0 Å². The summed E-state index contributed by atoms with van der Waals surface area (Å²) in [5, 5.41) is 3.97. The summed E-state index contributed by atoms with van der Waals surface area (Å²) in [7, 11) is 0. The van der Waals surface area contributed by atoms with E-state index in [1.165, 1.54) is 0 Å². The smallest absolute Gasteiger partial charge is 0.207 e. The van der Waals surface area contributed by atoms with E-state index in [0.717, 1.165) is 27.4 Å². The zero-order chi connectivity index (χ0) is 12.4. The standard InChI is InChI=1S/C12H13ClIN3/c1-3-17-7-8(2)15-12(17)16-11-6-9(14)4-5-10(11)13/h4-7H,3H2,1-2H3,(H,15,16). The Bertz CT molecular complexity index is 537. The Hall–Kier alpha value is -0.750. The largest absolute Gasteiger partial charge is 0.324 e. The lowest BCUT2D eigenvalue weighted by Gasteiger charge is -2.09. The molecule has 1 aromatic carbocycles. The highest BCUT2D eigenvalue weighted by Crippen LogP contribution is 2.26. The van der Waals surface area contributed by atoms with Crippen LogP contribution >= 0.6 is 34.2 Å². The molecular formula is C12H13ClIN3. The Kier molecular flexibility index (Phi) is 3.93. The van der Waals surface area contributed by atoms with E-state index in [9.17, 15) is 0 Å². The second-order valence-corrected chi connectivity index (χ2v) is 5.39. The Morgan fingerprint density at radius 3 is 2.94 bits per heavy atom.